The molecular weight excluding hydrogens is 376 g/mol. The van der Waals surface area contributed by atoms with Crippen LogP contribution in [0.2, 0.25) is 0 Å². The van der Waals surface area contributed by atoms with Crippen LogP contribution in [0, 0.1) is 5.92 Å². The molecule has 1 amide bonds. The summed E-state index contributed by atoms with van der Waals surface area (Å²) in [4.78, 5) is 16.6. The van der Waals surface area contributed by atoms with E-state index in [-0.39, 0.29) is 11.8 Å². The van der Waals surface area contributed by atoms with Gasteiger partial charge in [-0.3, -0.25) is 9.78 Å². The quantitative estimate of drug-likeness (QED) is 0.552. The summed E-state index contributed by atoms with van der Waals surface area (Å²) in [5.74, 6) is 0.922. The molecule has 1 fully saturated rings. The zero-order chi connectivity index (χ0) is 20.3. The molecular formula is C23H22N6O. The molecule has 3 aromatic heterocycles. The number of pyridine rings is 1. The molecule has 7 heteroatoms. The van der Waals surface area contributed by atoms with Gasteiger partial charge in [-0.25, -0.2) is 0 Å². The average Bonchev–Trinajstić information content (AvgIpc) is 3.24. The molecule has 3 heterocycles. The highest BCUT2D eigenvalue weighted by Gasteiger charge is 2.21. The maximum atomic E-state index is 12.5. The van der Waals surface area contributed by atoms with Gasteiger partial charge < -0.3 is 5.32 Å². The Hall–Kier alpha value is -3.61. The van der Waals surface area contributed by atoms with E-state index < -0.39 is 0 Å². The minimum absolute atomic E-state index is 0.132. The Kier molecular flexibility index (Phi) is 4.93. The molecule has 150 valence electrons. The average molecular weight is 398 g/mol. The summed E-state index contributed by atoms with van der Waals surface area (Å²) in [6.45, 7) is 0. The number of carbonyl (C=O) groups excluding carboxylic acids is 1. The van der Waals surface area contributed by atoms with Crippen LogP contribution >= 0.6 is 0 Å². The first-order chi connectivity index (χ1) is 14.8. The second kappa shape index (κ2) is 8.02. The van der Waals surface area contributed by atoms with Crippen LogP contribution in [-0.2, 0) is 4.79 Å². The lowest BCUT2D eigenvalue weighted by atomic mass is 9.88. The number of carbonyl (C=O) groups is 1. The molecule has 1 N–H and O–H groups in total. The summed E-state index contributed by atoms with van der Waals surface area (Å²) < 4.78 is 1.73. The maximum absolute atomic E-state index is 12.5. The number of aromatic nitrogens is 5. The number of nitrogens with one attached hydrogen (secondary N) is 1. The Morgan fingerprint density at radius 1 is 0.933 bits per heavy atom. The number of amides is 1. The topological polar surface area (TPSA) is 85.1 Å². The van der Waals surface area contributed by atoms with Gasteiger partial charge in [0.2, 0.25) is 5.91 Å². The predicted octanol–water partition coefficient (Wildman–Crippen LogP) is 4.37. The fourth-order valence-electron chi connectivity index (χ4n) is 3.95. The zero-order valence-electron chi connectivity index (χ0n) is 16.5. The molecule has 30 heavy (non-hydrogen) atoms. The number of nitrogens with zero attached hydrogens (tertiary/aromatic N) is 5. The second-order valence-electron chi connectivity index (χ2n) is 7.66. The lowest BCUT2D eigenvalue weighted by Crippen LogP contribution is -2.24. The van der Waals surface area contributed by atoms with Crippen molar-refractivity contribution in [2.24, 2.45) is 5.92 Å². The van der Waals surface area contributed by atoms with E-state index in [0.717, 1.165) is 48.2 Å². The lowest BCUT2D eigenvalue weighted by Gasteiger charge is -2.20. The van der Waals surface area contributed by atoms with Crippen LogP contribution in [0.5, 0.6) is 0 Å². The van der Waals surface area contributed by atoms with E-state index in [0.29, 0.717) is 11.5 Å². The Balaban J connectivity index is 1.38. The zero-order valence-corrected chi connectivity index (χ0v) is 16.5. The van der Waals surface area contributed by atoms with E-state index in [2.05, 4.69) is 20.5 Å². The Labute approximate surface area is 174 Å². The normalized spacial score (nSPS) is 14.7. The fourth-order valence-corrected chi connectivity index (χ4v) is 3.95. The van der Waals surface area contributed by atoms with Crippen LogP contribution in [0.1, 0.15) is 32.1 Å². The first-order valence-electron chi connectivity index (χ1n) is 10.3. The first-order valence-corrected chi connectivity index (χ1v) is 10.3. The van der Waals surface area contributed by atoms with Gasteiger partial charge in [0.15, 0.2) is 11.5 Å². The van der Waals surface area contributed by atoms with Gasteiger partial charge in [-0.1, -0.05) is 31.4 Å². The molecule has 0 atom stereocenters. The van der Waals surface area contributed by atoms with Crippen molar-refractivity contribution < 1.29 is 4.79 Å². The molecule has 5 rings (SSSR count). The smallest absolute Gasteiger partial charge is 0.227 e. The van der Waals surface area contributed by atoms with E-state index in [1.54, 1.807) is 16.9 Å². The van der Waals surface area contributed by atoms with E-state index in [1.165, 1.54) is 6.42 Å². The standard InChI is InChI=1S/C23H22N6O/c30-23(17-5-2-1-3-6-17)25-19-10-8-16(9-11-19)20-12-13-21-26-27-22(29(21)28-20)18-7-4-14-24-15-18/h4,7-15,17H,1-3,5-6H2,(H,25,30). The van der Waals surface area contributed by atoms with Gasteiger partial charge >= 0.3 is 0 Å². The summed E-state index contributed by atoms with van der Waals surface area (Å²) in [6.07, 6.45) is 8.99. The van der Waals surface area contributed by atoms with Crippen LogP contribution in [0.25, 0.3) is 28.3 Å². The van der Waals surface area contributed by atoms with E-state index >= 15 is 0 Å². The molecule has 0 bridgehead atoms. The van der Waals surface area contributed by atoms with Crippen molar-refractivity contribution in [3.8, 4) is 22.6 Å². The van der Waals surface area contributed by atoms with Gasteiger partial charge in [-0.15, -0.1) is 10.2 Å². The molecule has 7 nitrogen and oxygen atoms in total. The van der Waals surface area contributed by atoms with Crippen molar-refractivity contribution in [3.05, 3.63) is 60.9 Å². The van der Waals surface area contributed by atoms with Gasteiger partial charge in [-0.05, 0) is 49.2 Å². The second-order valence-corrected chi connectivity index (χ2v) is 7.66. The third kappa shape index (κ3) is 3.66. The first kappa shape index (κ1) is 18.4. The maximum Gasteiger partial charge on any atom is 0.227 e. The number of hydrogen-bond donors (Lipinski definition) is 1. The third-order valence-electron chi connectivity index (χ3n) is 5.61. The lowest BCUT2D eigenvalue weighted by molar-refractivity contribution is -0.120. The van der Waals surface area contributed by atoms with Crippen LogP contribution in [0.3, 0.4) is 0 Å². The van der Waals surface area contributed by atoms with E-state index in [4.69, 9.17) is 5.10 Å². The Morgan fingerprint density at radius 3 is 2.53 bits per heavy atom. The molecule has 0 saturated heterocycles. The third-order valence-corrected chi connectivity index (χ3v) is 5.61. The van der Waals surface area contributed by atoms with Crippen molar-refractivity contribution in [1.82, 2.24) is 24.8 Å². The minimum Gasteiger partial charge on any atom is -0.326 e. The van der Waals surface area contributed by atoms with E-state index in [1.807, 2.05) is 48.5 Å². The highest BCUT2D eigenvalue weighted by atomic mass is 16.1. The van der Waals surface area contributed by atoms with Crippen LogP contribution in [0.4, 0.5) is 5.69 Å². The van der Waals surface area contributed by atoms with Gasteiger partial charge in [-0.2, -0.15) is 9.61 Å². The molecule has 0 aliphatic heterocycles. The summed E-state index contributed by atoms with van der Waals surface area (Å²) in [5, 5.41) is 16.2. The highest BCUT2D eigenvalue weighted by Crippen LogP contribution is 2.26. The highest BCUT2D eigenvalue weighted by molar-refractivity contribution is 5.92. The predicted molar refractivity (Wildman–Crippen MR) is 115 cm³/mol. The van der Waals surface area contributed by atoms with Crippen molar-refractivity contribution in [2.75, 3.05) is 5.32 Å². The Morgan fingerprint density at radius 2 is 1.77 bits per heavy atom. The summed E-state index contributed by atoms with van der Waals surface area (Å²) in [7, 11) is 0. The molecule has 1 saturated carbocycles. The molecule has 0 spiro atoms. The van der Waals surface area contributed by atoms with Crippen LogP contribution in [-0.4, -0.2) is 30.7 Å². The largest absolute Gasteiger partial charge is 0.326 e. The molecule has 0 unspecified atom stereocenters. The van der Waals surface area contributed by atoms with Crippen molar-refractivity contribution in [1.29, 1.82) is 0 Å². The van der Waals surface area contributed by atoms with Crippen molar-refractivity contribution >= 4 is 17.2 Å². The molecule has 1 aliphatic carbocycles. The van der Waals surface area contributed by atoms with Crippen LogP contribution in [0.15, 0.2) is 60.9 Å². The van der Waals surface area contributed by atoms with Gasteiger partial charge in [0.25, 0.3) is 0 Å². The summed E-state index contributed by atoms with van der Waals surface area (Å²) in [6, 6.07) is 15.4. The van der Waals surface area contributed by atoms with Gasteiger partial charge in [0.05, 0.1) is 5.69 Å². The van der Waals surface area contributed by atoms with Gasteiger partial charge in [0.1, 0.15) is 0 Å². The number of benzene rings is 1. The molecule has 1 aliphatic rings. The van der Waals surface area contributed by atoms with Crippen molar-refractivity contribution in [3.63, 3.8) is 0 Å². The summed E-state index contributed by atoms with van der Waals surface area (Å²) >= 11 is 0. The molecule has 0 radical (unpaired) electrons. The fraction of sp³-hybridized carbons (Fsp3) is 0.261. The number of hydrogen-bond acceptors (Lipinski definition) is 5. The molecule has 4 aromatic rings. The van der Waals surface area contributed by atoms with E-state index in [9.17, 15) is 4.79 Å². The molecule has 1 aromatic carbocycles. The minimum atomic E-state index is 0.132. The van der Waals surface area contributed by atoms with Crippen molar-refractivity contribution in [2.45, 2.75) is 32.1 Å². The monoisotopic (exact) mass is 398 g/mol. The van der Waals surface area contributed by atoms with Gasteiger partial charge in [0, 0.05) is 35.1 Å². The Bertz CT molecular complexity index is 1160. The SMILES string of the molecule is O=C(Nc1ccc(-c2ccc3nnc(-c4cccnc4)n3n2)cc1)C1CCCCC1. The summed E-state index contributed by atoms with van der Waals surface area (Å²) in [5.41, 5.74) is 4.11. The number of fused-ring (bicyclic) bond motifs is 1. The number of anilines is 1. The number of rotatable bonds is 4. The van der Waals surface area contributed by atoms with Crippen LogP contribution < -0.4 is 5.32 Å².